The molecule has 1 aromatic rings. The fourth-order valence-electron chi connectivity index (χ4n) is 2.05. The van der Waals surface area contributed by atoms with Gasteiger partial charge in [0.05, 0.1) is 7.11 Å². The zero-order chi connectivity index (χ0) is 19.6. The van der Waals surface area contributed by atoms with Crippen LogP contribution in [0.3, 0.4) is 0 Å². The monoisotopic (exact) mass is 384 g/mol. The minimum Gasteiger partial charge on any atom is -0.497 e. The Balaban J connectivity index is 2.28. The second-order valence-electron chi connectivity index (χ2n) is 6.56. The molecular formula is C18H29ClN4O3. The Morgan fingerprint density at radius 2 is 1.81 bits per heavy atom. The van der Waals surface area contributed by atoms with Crippen LogP contribution in [0.25, 0.3) is 0 Å². The van der Waals surface area contributed by atoms with Crippen molar-refractivity contribution in [2.45, 2.75) is 32.8 Å². The Labute approximate surface area is 160 Å². The van der Waals surface area contributed by atoms with E-state index in [-0.39, 0.29) is 0 Å². The maximum absolute atomic E-state index is 11.6. The molecule has 1 aromatic carbocycles. The zero-order valence-electron chi connectivity index (χ0n) is 16.1. The number of nitrogens with one attached hydrogen (secondary N) is 3. The van der Waals surface area contributed by atoms with E-state index < -0.39 is 11.7 Å². The van der Waals surface area contributed by atoms with Crippen LogP contribution in [-0.4, -0.2) is 51.4 Å². The van der Waals surface area contributed by atoms with E-state index in [2.05, 4.69) is 20.9 Å². The van der Waals surface area contributed by atoms with Crippen LogP contribution in [0.1, 0.15) is 26.3 Å². The number of carbonyl (C=O) groups is 1. The van der Waals surface area contributed by atoms with Gasteiger partial charge >= 0.3 is 6.09 Å². The van der Waals surface area contributed by atoms with E-state index in [4.69, 9.17) is 21.1 Å². The molecule has 0 atom stereocenters. The highest BCUT2D eigenvalue weighted by Crippen LogP contribution is 2.22. The van der Waals surface area contributed by atoms with Gasteiger partial charge in [0.1, 0.15) is 11.4 Å². The molecule has 0 saturated carbocycles. The molecule has 0 spiro atoms. The van der Waals surface area contributed by atoms with Crippen molar-refractivity contribution in [1.29, 1.82) is 0 Å². The molecule has 8 heteroatoms. The van der Waals surface area contributed by atoms with Crippen molar-refractivity contribution in [3.63, 3.8) is 0 Å². The number of benzene rings is 1. The summed E-state index contributed by atoms with van der Waals surface area (Å²) in [6.45, 7) is 7.11. The molecule has 0 heterocycles. The summed E-state index contributed by atoms with van der Waals surface area (Å²) in [4.78, 5) is 15.7. The van der Waals surface area contributed by atoms with Crippen LogP contribution in [0.5, 0.6) is 5.75 Å². The molecule has 0 radical (unpaired) electrons. The molecule has 0 aliphatic carbocycles. The van der Waals surface area contributed by atoms with Gasteiger partial charge < -0.3 is 25.4 Å². The van der Waals surface area contributed by atoms with E-state index in [0.717, 1.165) is 17.7 Å². The molecule has 0 bridgehead atoms. The minimum absolute atomic E-state index is 0.430. The predicted octanol–water partition coefficient (Wildman–Crippen LogP) is 2.58. The third-order valence-electron chi connectivity index (χ3n) is 3.26. The van der Waals surface area contributed by atoms with E-state index in [1.54, 1.807) is 20.2 Å². The number of hydrogen-bond acceptors (Lipinski definition) is 4. The number of halogens is 1. The lowest BCUT2D eigenvalue weighted by Crippen LogP contribution is -2.43. The van der Waals surface area contributed by atoms with Gasteiger partial charge in [-0.15, -0.1) is 0 Å². The van der Waals surface area contributed by atoms with Crippen molar-refractivity contribution < 1.29 is 14.3 Å². The molecule has 0 aliphatic rings. The van der Waals surface area contributed by atoms with Gasteiger partial charge in [-0.3, -0.25) is 4.99 Å². The van der Waals surface area contributed by atoms with Gasteiger partial charge in [-0.1, -0.05) is 17.7 Å². The molecule has 1 rings (SSSR count). The molecule has 1 amide bonds. The standard InChI is InChI=1S/C18H29ClN4O3/c1-18(2,3)26-17(24)23-11-10-22-16(20-4)21-9-8-13-6-7-14(25-5)12-15(13)19/h6-7,12H,8-11H2,1-5H3,(H,23,24)(H2,20,21,22). The fourth-order valence-corrected chi connectivity index (χ4v) is 2.32. The Kier molecular flexibility index (Phi) is 9.05. The first-order chi connectivity index (χ1) is 12.2. The van der Waals surface area contributed by atoms with Crippen molar-refractivity contribution in [2.75, 3.05) is 33.8 Å². The molecule has 0 fully saturated rings. The molecule has 146 valence electrons. The van der Waals surface area contributed by atoms with Gasteiger partial charge in [0.15, 0.2) is 5.96 Å². The van der Waals surface area contributed by atoms with Crippen molar-refractivity contribution in [2.24, 2.45) is 4.99 Å². The van der Waals surface area contributed by atoms with Crippen molar-refractivity contribution in [1.82, 2.24) is 16.0 Å². The number of guanidine groups is 1. The molecule has 3 N–H and O–H groups in total. The quantitative estimate of drug-likeness (QED) is 0.382. The van der Waals surface area contributed by atoms with Crippen LogP contribution in [-0.2, 0) is 11.2 Å². The van der Waals surface area contributed by atoms with Gasteiger partial charge in [-0.2, -0.15) is 0 Å². The smallest absolute Gasteiger partial charge is 0.407 e. The molecule has 0 aromatic heterocycles. The van der Waals surface area contributed by atoms with E-state index in [1.807, 2.05) is 32.9 Å². The van der Waals surface area contributed by atoms with Crippen molar-refractivity contribution in [3.8, 4) is 5.75 Å². The SMILES string of the molecule is CN=C(NCCNC(=O)OC(C)(C)C)NCCc1ccc(OC)cc1Cl. The third kappa shape index (κ3) is 8.80. The molecule has 0 aliphatic heterocycles. The third-order valence-corrected chi connectivity index (χ3v) is 3.61. The van der Waals surface area contributed by atoms with E-state index in [0.29, 0.717) is 30.6 Å². The number of hydrogen-bond donors (Lipinski definition) is 3. The summed E-state index contributed by atoms with van der Waals surface area (Å²) in [5.41, 5.74) is 0.527. The van der Waals surface area contributed by atoms with E-state index >= 15 is 0 Å². The van der Waals surface area contributed by atoms with E-state index in [1.165, 1.54) is 0 Å². The average Bonchev–Trinajstić information content (AvgIpc) is 2.56. The number of aliphatic imine (C=N–C) groups is 1. The first-order valence-electron chi connectivity index (χ1n) is 8.49. The Morgan fingerprint density at radius 3 is 2.38 bits per heavy atom. The topological polar surface area (TPSA) is 84.0 Å². The Hall–Kier alpha value is -2.15. The maximum atomic E-state index is 11.6. The normalized spacial score (nSPS) is 11.7. The molecule has 0 unspecified atom stereocenters. The highest BCUT2D eigenvalue weighted by Gasteiger charge is 2.15. The van der Waals surface area contributed by atoms with Gasteiger partial charge in [0, 0.05) is 31.7 Å². The first-order valence-corrected chi connectivity index (χ1v) is 8.86. The Morgan fingerprint density at radius 1 is 1.15 bits per heavy atom. The van der Waals surface area contributed by atoms with E-state index in [9.17, 15) is 4.79 Å². The predicted molar refractivity (Wildman–Crippen MR) is 105 cm³/mol. The number of carbonyl (C=O) groups excluding carboxylic acids is 1. The lowest BCUT2D eigenvalue weighted by Gasteiger charge is -2.20. The molecule has 0 saturated heterocycles. The summed E-state index contributed by atoms with van der Waals surface area (Å²) >= 11 is 6.23. The summed E-state index contributed by atoms with van der Waals surface area (Å²) < 4.78 is 10.3. The highest BCUT2D eigenvalue weighted by atomic mass is 35.5. The number of amides is 1. The number of rotatable bonds is 7. The van der Waals surface area contributed by atoms with Crippen molar-refractivity contribution in [3.05, 3.63) is 28.8 Å². The summed E-state index contributed by atoms with van der Waals surface area (Å²) in [5, 5.41) is 9.69. The summed E-state index contributed by atoms with van der Waals surface area (Å²) in [5.74, 6) is 1.39. The van der Waals surface area contributed by atoms with Gasteiger partial charge in [-0.05, 0) is 44.9 Å². The summed E-state index contributed by atoms with van der Waals surface area (Å²) in [7, 11) is 3.30. The molecular weight excluding hydrogens is 356 g/mol. The van der Waals surface area contributed by atoms with Crippen LogP contribution in [0.4, 0.5) is 4.79 Å². The van der Waals surface area contributed by atoms with Crippen molar-refractivity contribution >= 4 is 23.7 Å². The second-order valence-corrected chi connectivity index (χ2v) is 6.97. The summed E-state index contributed by atoms with van der Waals surface area (Å²) in [6.07, 6.45) is 0.316. The Bertz CT molecular complexity index is 615. The largest absolute Gasteiger partial charge is 0.497 e. The number of alkyl carbamates (subject to hydrolysis) is 1. The second kappa shape index (κ2) is 10.8. The van der Waals surface area contributed by atoms with Crippen LogP contribution in [0, 0.1) is 0 Å². The first kappa shape index (κ1) is 21.9. The highest BCUT2D eigenvalue weighted by molar-refractivity contribution is 6.31. The van der Waals surface area contributed by atoms with Gasteiger partial charge in [0.2, 0.25) is 0 Å². The van der Waals surface area contributed by atoms with Crippen LogP contribution < -0.4 is 20.7 Å². The van der Waals surface area contributed by atoms with Crippen LogP contribution >= 0.6 is 11.6 Å². The molecule has 26 heavy (non-hydrogen) atoms. The summed E-state index contributed by atoms with van der Waals surface area (Å²) in [6, 6.07) is 5.63. The van der Waals surface area contributed by atoms with Gasteiger partial charge in [0.25, 0.3) is 0 Å². The lowest BCUT2D eigenvalue weighted by atomic mass is 10.1. The van der Waals surface area contributed by atoms with Crippen LogP contribution in [0.2, 0.25) is 5.02 Å². The molecule has 7 nitrogen and oxygen atoms in total. The number of nitrogens with zero attached hydrogens (tertiary/aromatic N) is 1. The maximum Gasteiger partial charge on any atom is 0.407 e. The average molecular weight is 385 g/mol. The lowest BCUT2D eigenvalue weighted by molar-refractivity contribution is 0.0529. The number of methoxy groups -OCH3 is 1. The fraction of sp³-hybridized carbons (Fsp3) is 0.556. The van der Waals surface area contributed by atoms with Crippen LogP contribution in [0.15, 0.2) is 23.2 Å². The minimum atomic E-state index is -0.502. The number of ether oxygens (including phenoxy) is 2. The van der Waals surface area contributed by atoms with Gasteiger partial charge in [-0.25, -0.2) is 4.79 Å². The zero-order valence-corrected chi connectivity index (χ0v) is 16.9.